The lowest BCUT2D eigenvalue weighted by Gasteiger charge is -2.36. The maximum absolute atomic E-state index is 13.5. The highest BCUT2D eigenvalue weighted by atomic mass is 16.7. The number of amides is 2. The summed E-state index contributed by atoms with van der Waals surface area (Å²) in [6.07, 6.45) is 0. The fourth-order valence-electron chi connectivity index (χ4n) is 4.37. The highest BCUT2D eigenvalue weighted by molar-refractivity contribution is 6.35. The molecular weight excluding hydrogens is 394 g/mol. The molecule has 0 radical (unpaired) electrons. The summed E-state index contributed by atoms with van der Waals surface area (Å²) in [7, 11) is 0. The van der Waals surface area contributed by atoms with Crippen LogP contribution in [-0.2, 0) is 16.1 Å². The Labute approximate surface area is 181 Å². The number of nitrogens with zero attached hydrogens (tertiary/aromatic N) is 3. The number of carbonyl (C=O) groups excluding carboxylic acids is 2. The molecule has 1 saturated heterocycles. The predicted octanol–water partition coefficient (Wildman–Crippen LogP) is 2.33. The van der Waals surface area contributed by atoms with Crippen LogP contribution in [0.3, 0.4) is 0 Å². The summed E-state index contributed by atoms with van der Waals surface area (Å²) >= 11 is 0. The second kappa shape index (κ2) is 8.07. The first-order valence-electron chi connectivity index (χ1n) is 10.7. The van der Waals surface area contributed by atoms with Crippen LogP contribution in [0.2, 0.25) is 0 Å². The van der Waals surface area contributed by atoms with Crippen LogP contribution in [0, 0.1) is 0 Å². The van der Waals surface area contributed by atoms with Crippen molar-refractivity contribution in [3.63, 3.8) is 0 Å². The lowest BCUT2D eigenvalue weighted by Crippen LogP contribution is -2.47. The standard InChI is InChI=1S/C24H25N3O4/c1-2-25-10-12-26(13-11-25)22-21(18-6-4-3-5-7-18)23(28)27(24(22)29)15-17-8-9-19-20(14-17)31-16-30-19/h3-9,14H,2,10-13,15-16H2,1H3. The van der Waals surface area contributed by atoms with Gasteiger partial charge in [-0.1, -0.05) is 43.3 Å². The molecule has 0 atom stereocenters. The van der Waals surface area contributed by atoms with Gasteiger partial charge in [-0.2, -0.15) is 0 Å². The third-order valence-electron chi connectivity index (χ3n) is 6.12. The van der Waals surface area contributed by atoms with E-state index in [1.54, 1.807) is 0 Å². The van der Waals surface area contributed by atoms with Crippen molar-refractivity contribution in [2.45, 2.75) is 13.5 Å². The van der Waals surface area contributed by atoms with E-state index >= 15 is 0 Å². The Morgan fingerprint density at radius 3 is 2.35 bits per heavy atom. The van der Waals surface area contributed by atoms with Gasteiger partial charge in [0.15, 0.2) is 11.5 Å². The Balaban J connectivity index is 1.47. The first-order chi connectivity index (χ1) is 15.2. The number of ether oxygens (including phenoxy) is 2. The number of likely N-dealkylation sites (N-methyl/N-ethyl adjacent to an activating group) is 1. The second-order valence-corrected chi connectivity index (χ2v) is 7.90. The Bertz CT molecular complexity index is 1040. The molecule has 5 rings (SSSR count). The largest absolute Gasteiger partial charge is 0.454 e. The summed E-state index contributed by atoms with van der Waals surface area (Å²) in [6.45, 7) is 6.74. The van der Waals surface area contributed by atoms with E-state index in [0.29, 0.717) is 22.8 Å². The van der Waals surface area contributed by atoms with Crippen LogP contribution in [0.15, 0.2) is 54.2 Å². The SMILES string of the molecule is CCN1CCN(C2=C(c3ccccc3)C(=O)N(Cc3ccc4c(c3)OCO4)C2=O)CC1. The zero-order chi connectivity index (χ0) is 21.4. The van der Waals surface area contributed by atoms with Gasteiger partial charge >= 0.3 is 0 Å². The van der Waals surface area contributed by atoms with E-state index in [9.17, 15) is 9.59 Å². The van der Waals surface area contributed by atoms with E-state index in [-0.39, 0.29) is 25.2 Å². The average Bonchev–Trinajstić information content (AvgIpc) is 3.37. The maximum atomic E-state index is 13.5. The molecule has 2 amide bonds. The molecule has 1 fully saturated rings. The van der Waals surface area contributed by atoms with Crippen LogP contribution < -0.4 is 9.47 Å². The lowest BCUT2D eigenvalue weighted by molar-refractivity contribution is -0.138. The third-order valence-corrected chi connectivity index (χ3v) is 6.12. The Morgan fingerprint density at radius 2 is 1.61 bits per heavy atom. The van der Waals surface area contributed by atoms with Gasteiger partial charge in [0.1, 0.15) is 5.70 Å². The number of rotatable bonds is 5. The summed E-state index contributed by atoms with van der Waals surface area (Å²) < 4.78 is 10.8. The van der Waals surface area contributed by atoms with E-state index in [0.717, 1.165) is 43.9 Å². The van der Waals surface area contributed by atoms with Gasteiger partial charge in [-0.05, 0) is 29.8 Å². The van der Waals surface area contributed by atoms with Crippen LogP contribution in [-0.4, -0.2) is 66.0 Å². The minimum absolute atomic E-state index is 0.188. The van der Waals surface area contributed by atoms with Crippen LogP contribution in [0.5, 0.6) is 11.5 Å². The number of carbonyl (C=O) groups is 2. The summed E-state index contributed by atoms with van der Waals surface area (Å²) in [4.78, 5) is 32.8. The van der Waals surface area contributed by atoms with E-state index < -0.39 is 0 Å². The zero-order valence-corrected chi connectivity index (χ0v) is 17.5. The number of benzene rings is 2. The quantitative estimate of drug-likeness (QED) is 0.694. The van der Waals surface area contributed by atoms with Crippen molar-refractivity contribution in [3.05, 3.63) is 65.4 Å². The normalized spacial score (nSPS) is 19.0. The Kier molecular flexibility index (Phi) is 5.11. The van der Waals surface area contributed by atoms with Gasteiger partial charge in [-0.25, -0.2) is 0 Å². The molecule has 3 heterocycles. The number of hydrogen-bond acceptors (Lipinski definition) is 6. The third kappa shape index (κ3) is 3.55. The molecular formula is C24H25N3O4. The van der Waals surface area contributed by atoms with Crippen LogP contribution in [0.4, 0.5) is 0 Å². The van der Waals surface area contributed by atoms with E-state index in [4.69, 9.17) is 9.47 Å². The molecule has 3 aliphatic heterocycles. The summed E-state index contributed by atoms with van der Waals surface area (Å²) in [5.41, 5.74) is 2.63. The molecule has 0 bridgehead atoms. The molecule has 0 aliphatic carbocycles. The number of hydrogen-bond donors (Lipinski definition) is 0. The minimum Gasteiger partial charge on any atom is -0.454 e. The highest BCUT2D eigenvalue weighted by Gasteiger charge is 2.42. The molecule has 2 aromatic carbocycles. The van der Waals surface area contributed by atoms with Gasteiger partial charge in [0.05, 0.1) is 12.1 Å². The van der Waals surface area contributed by atoms with E-state index in [1.807, 2.05) is 48.5 Å². The minimum atomic E-state index is -0.248. The molecule has 160 valence electrons. The molecule has 0 saturated carbocycles. The monoisotopic (exact) mass is 419 g/mol. The molecule has 31 heavy (non-hydrogen) atoms. The van der Waals surface area contributed by atoms with Crippen LogP contribution in [0.25, 0.3) is 5.57 Å². The first-order valence-corrected chi connectivity index (χ1v) is 10.7. The molecule has 7 heteroatoms. The van der Waals surface area contributed by atoms with E-state index in [2.05, 4.69) is 16.7 Å². The van der Waals surface area contributed by atoms with Crippen LogP contribution in [0.1, 0.15) is 18.1 Å². The van der Waals surface area contributed by atoms with E-state index in [1.165, 1.54) is 4.90 Å². The van der Waals surface area contributed by atoms with Crippen LogP contribution >= 0.6 is 0 Å². The van der Waals surface area contributed by atoms with Gasteiger partial charge in [0, 0.05) is 26.2 Å². The van der Waals surface area contributed by atoms with Crippen molar-refractivity contribution in [1.29, 1.82) is 0 Å². The number of piperazine rings is 1. The fraction of sp³-hybridized carbons (Fsp3) is 0.333. The summed E-state index contributed by atoms with van der Waals surface area (Å²) in [6, 6.07) is 15.0. The van der Waals surface area contributed by atoms with Crippen molar-refractivity contribution in [3.8, 4) is 11.5 Å². The predicted molar refractivity (Wildman–Crippen MR) is 115 cm³/mol. The van der Waals surface area contributed by atoms with Crippen molar-refractivity contribution in [2.24, 2.45) is 0 Å². The second-order valence-electron chi connectivity index (χ2n) is 7.90. The Hall–Kier alpha value is -3.32. The van der Waals surface area contributed by atoms with Gasteiger partial charge in [-0.3, -0.25) is 14.5 Å². The van der Waals surface area contributed by atoms with Gasteiger partial charge in [0.25, 0.3) is 11.8 Å². The number of fused-ring (bicyclic) bond motifs is 1. The zero-order valence-electron chi connectivity index (χ0n) is 17.5. The summed E-state index contributed by atoms with van der Waals surface area (Å²) in [5, 5.41) is 0. The molecule has 3 aliphatic rings. The van der Waals surface area contributed by atoms with Crippen molar-refractivity contribution >= 4 is 17.4 Å². The molecule has 0 spiro atoms. The number of imide groups is 1. The average molecular weight is 419 g/mol. The molecule has 0 unspecified atom stereocenters. The Morgan fingerprint density at radius 1 is 0.871 bits per heavy atom. The molecule has 2 aromatic rings. The molecule has 0 aromatic heterocycles. The summed E-state index contributed by atoms with van der Waals surface area (Å²) in [5.74, 6) is 0.845. The van der Waals surface area contributed by atoms with Gasteiger partial charge in [-0.15, -0.1) is 0 Å². The first kappa shape index (κ1) is 19.6. The van der Waals surface area contributed by atoms with Crippen molar-refractivity contribution < 1.29 is 19.1 Å². The van der Waals surface area contributed by atoms with Crippen molar-refractivity contribution in [2.75, 3.05) is 39.5 Å². The highest BCUT2D eigenvalue weighted by Crippen LogP contribution is 2.36. The van der Waals surface area contributed by atoms with Crippen molar-refractivity contribution in [1.82, 2.24) is 14.7 Å². The smallest absolute Gasteiger partial charge is 0.278 e. The fourth-order valence-corrected chi connectivity index (χ4v) is 4.37. The molecule has 0 N–H and O–H groups in total. The lowest BCUT2D eigenvalue weighted by atomic mass is 10.0. The van der Waals surface area contributed by atoms with Gasteiger partial charge in [0.2, 0.25) is 6.79 Å². The maximum Gasteiger partial charge on any atom is 0.278 e. The topological polar surface area (TPSA) is 62.3 Å². The van der Waals surface area contributed by atoms with Gasteiger partial charge < -0.3 is 19.3 Å². The molecule has 7 nitrogen and oxygen atoms in total.